The topological polar surface area (TPSA) is 59.0 Å². The van der Waals surface area contributed by atoms with E-state index >= 15 is 0 Å². The number of carboxylic acids is 1. The van der Waals surface area contributed by atoms with Gasteiger partial charge in [0.15, 0.2) is 6.29 Å². The van der Waals surface area contributed by atoms with E-state index in [0.29, 0.717) is 12.6 Å². The van der Waals surface area contributed by atoms with Crippen molar-refractivity contribution in [2.24, 2.45) is 0 Å². The summed E-state index contributed by atoms with van der Waals surface area (Å²) in [6.45, 7) is 4.62. The van der Waals surface area contributed by atoms with E-state index in [1.165, 1.54) is 6.42 Å². The average Bonchev–Trinajstić information content (AvgIpc) is 2.83. The van der Waals surface area contributed by atoms with Crippen LogP contribution in [-0.2, 0) is 14.3 Å². The zero-order valence-electron chi connectivity index (χ0n) is 9.59. The Morgan fingerprint density at radius 2 is 2.38 bits per heavy atom. The second-order valence-electron chi connectivity index (χ2n) is 4.40. The smallest absolute Gasteiger partial charge is 0.306 e. The number of carbonyl (C=O) groups is 1. The number of likely N-dealkylation sites (N-methyl/N-ethyl adjacent to an activating group) is 1. The molecule has 0 aliphatic carbocycles. The van der Waals surface area contributed by atoms with Gasteiger partial charge in [0.1, 0.15) is 0 Å². The predicted octanol–water partition coefficient (Wildman–Crippen LogP) is 0.687. The lowest BCUT2D eigenvalue weighted by Gasteiger charge is -2.26. The van der Waals surface area contributed by atoms with E-state index in [4.69, 9.17) is 14.6 Å². The Balaban J connectivity index is 1.85. The van der Waals surface area contributed by atoms with Crippen LogP contribution < -0.4 is 0 Å². The molecule has 2 saturated heterocycles. The summed E-state index contributed by atoms with van der Waals surface area (Å²) in [7, 11) is 0. The summed E-state index contributed by atoms with van der Waals surface area (Å²) in [5.74, 6) is -0.826. The highest BCUT2D eigenvalue weighted by Gasteiger charge is 2.38. The maximum Gasteiger partial charge on any atom is 0.306 e. The highest BCUT2D eigenvalue weighted by Crippen LogP contribution is 2.27. The van der Waals surface area contributed by atoms with Crippen LogP contribution >= 0.6 is 0 Å². The van der Waals surface area contributed by atoms with Crippen molar-refractivity contribution < 1.29 is 19.4 Å². The number of aliphatic carboxylic acids is 1. The van der Waals surface area contributed by atoms with Crippen LogP contribution in [0, 0.1) is 0 Å². The molecule has 0 aromatic heterocycles. The fourth-order valence-corrected chi connectivity index (χ4v) is 2.53. The Kier molecular flexibility index (Phi) is 3.78. The fraction of sp³-hybridized carbons (Fsp3) is 0.909. The van der Waals surface area contributed by atoms with Crippen molar-refractivity contribution in [1.82, 2.24) is 4.90 Å². The Bertz CT molecular complexity index is 258. The van der Waals surface area contributed by atoms with Crippen LogP contribution in [-0.4, -0.2) is 54.1 Å². The van der Waals surface area contributed by atoms with Crippen LogP contribution in [0.2, 0.25) is 0 Å². The fourth-order valence-electron chi connectivity index (χ4n) is 2.53. The second kappa shape index (κ2) is 5.12. The van der Waals surface area contributed by atoms with Crippen LogP contribution in [0.15, 0.2) is 0 Å². The Morgan fingerprint density at radius 3 is 3.06 bits per heavy atom. The molecule has 16 heavy (non-hydrogen) atoms. The first-order valence-electron chi connectivity index (χ1n) is 5.93. The van der Waals surface area contributed by atoms with Crippen molar-refractivity contribution in [3.05, 3.63) is 0 Å². The monoisotopic (exact) mass is 229 g/mol. The molecule has 2 rings (SSSR count). The molecule has 0 spiro atoms. The SMILES string of the molecule is CCN1CCCC1C1OCC(CC(=O)O)O1. The van der Waals surface area contributed by atoms with Gasteiger partial charge in [0.2, 0.25) is 0 Å². The first-order valence-corrected chi connectivity index (χ1v) is 5.93. The van der Waals surface area contributed by atoms with Crippen molar-refractivity contribution in [3.63, 3.8) is 0 Å². The van der Waals surface area contributed by atoms with Gasteiger partial charge in [-0.25, -0.2) is 0 Å². The number of hydrogen-bond donors (Lipinski definition) is 1. The summed E-state index contributed by atoms with van der Waals surface area (Å²) in [4.78, 5) is 12.9. The first kappa shape index (κ1) is 11.8. The van der Waals surface area contributed by atoms with E-state index in [1.54, 1.807) is 0 Å². The molecule has 3 atom stereocenters. The summed E-state index contributed by atoms with van der Waals surface area (Å²) < 4.78 is 11.2. The van der Waals surface area contributed by atoms with Crippen molar-refractivity contribution in [1.29, 1.82) is 0 Å². The van der Waals surface area contributed by atoms with Gasteiger partial charge in [-0.15, -0.1) is 0 Å². The molecule has 1 N–H and O–H groups in total. The highest BCUT2D eigenvalue weighted by atomic mass is 16.7. The van der Waals surface area contributed by atoms with E-state index in [1.807, 2.05) is 0 Å². The molecule has 0 radical (unpaired) electrons. The van der Waals surface area contributed by atoms with Crippen LogP contribution in [0.3, 0.4) is 0 Å². The third-order valence-electron chi connectivity index (χ3n) is 3.31. The molecule has 2 aliphatic heterocycles. The average molecular weight is 229 g/mol. The molecule has 5 nitrogen and oxygen atoms in total. The molecule has 0 amide bonds. The molecule has 0 bridgehead atoms. The first-order chi connectivity index (χ1) is 7.70. The number of likely N-dealkylation sites (tertiary alicyclic amines) is 1. The molecule has 3 unspecified atom stereocenters. The van der Waals surface area contributed by atoms with Crippen molar-refractivity contribution >= 4 is 5.97 Å². The number of hydrogen-bond acceptors (Lipinski definition) is 4. The third-order valence-corrected chi connectivity index (χ3v) is 3.31. The Labute approximate surface area is 95.3 Å². The second-order valence-corrected chi connectivity index (χ2v) is 4.40. The standard InChI is InChI=1S/C11H19NO4/c1-2-12-5-3-4-9(12)11-15-7-8(16-11)6-10(13)14/h8-9,11H,2-7H2,1H3,(H,13,14). The van der Waals surface area contributed by atoms with Gasteiger partial charge in [0.25, 0.3) is 0 Å². The Hall–Kier alpha value is -0.650. The normalized spacial score (nSPS) is 35.7. The summed E-state index contributed by atoms with van der Waals surface area (Å²) in [6.07, 6.45) is 1.78. The number of rotatable bonds is 4. The number of carboxylic acid groups (broad SMARTS) is 1. The van der Waals surface area contributed by atoms with E-state index in [9.17, 15) is 4.79 Å². The molecule has 2 aliphatic rings. The molecule has 0 saturated carbocycles. The highest BCUT2D eigenvalue weighted by molar-refractivity contribution is 5.67. The maximum atomic E-state index is 10.6. The molecule has 92 valence electrons. The molecule has 2 fully saturated rings. The summed E-state index contributed by atoms with van der Waals surface area (Å²) in [6, 6.07) is 0.309. The van der Waals surface area contributed by atoms with E-state index in [2.05, 4.69) is 11.8 Å². The predicted molar refractivity (Wildman–Crippen MR) is 57.1 cm³/mol. The van der Waals surface area contributed by atoms with Crippen LogP contribution in [0.5, 0.6) is 0 Å². The van der Waals surface area contributed by atoms with E-state index in [-0.39, 0.29) is 18.8 Å². The minimum absolute atomic E-state index is 0.0370. The molecule has 5 heteroatoms. The lowest BCUT2D eigenvalue weighted by Crippen LogP contribution is -2.39. The van der Waals surface area contributed by atoms with Gasteiger partial charge < -0.3 is 14.6 Å². The summed E-state index contributed by atoms with van der Waals surface area (Å²) in [5, 5.41) is 8.68. The lowest BCUT2D eigenvalue weighted by molar-refractivity contribution is -0.141. The molecular weight excluding hydrogens is 210 g/mol. The zero-order chi connectivity index (χ0) is 11.5. The number of nitrogens with zero attached hydrogens (tertiary/aromatic N) is 1. The molecular formula is C11H19NO4. The number of ether oxygens (including phenoxy) is 2. The molecule has 0 aromatic carbocycles. The quantitative estimate of drug-likeness (QED) is 0.768. The minimum Gasteiger partial charge on any atom is -0.481 e. The van der Waals surface area contributed by atoms with Gasteiger partial charge in [-0.2, -0.15) is 0 Å². The van der Waals surface area contributed by atoms with Crippen LogP contribution in [0.25, 0.3) is 0 Å². The van der Waals surface area contributed by atoms with Crippen molar-refractivity contribution in [2.75, 3.05) is 19.7 Å². The van der Waals surface area contributed by atoms with Gasteiger partial charge >= 0.3 is 5.97 Å². The van der Waals surface area contributed by atoms with Crippen molar-refractivity contribution in [3.8, 4) is 0 Å². The molecule has 2 heterocycles. The van der Waals surface area contributed by atoms with E-state index in [0.717, 1.165) is 19.5 Å². The van der Waals surface area contributed by atoms with Gasteiger partial charge in [0, 0.05) is 0 Å². The van der Waals surface area contributed by atoms with Gasteiger partial charge in [0.05, 0.1) is 25.2 Å². The third kappa shape index (κ3) is 2.53. The van der Waals surface area contributed by atoms with Gasteiger partial charge in [-0.3, -0.25) is 9.69 Å². The zero-order valence-corrected chi connectivity index (χ0v) is 9.59. The molecule has 0 aromatic rings. The van der Waals surface area contributed by atoms with Gasteiger partial charge in [-0.05, 0) is 25.9 Å². The van der Waals surface area contributed by atoms with Gasteiger partial charge in [-0.1, -0.05) is 6.92 Å². The van der Waals surface area contributed by atoms with Crippen LogP contribution in [0.1, 0.15) is 26.2 Å². The van der Waals surface area contributed by atoms with E-state index < -0.39 is 5.97 Å². The van der Waals surface area contributed by atoms with Crippen molar-refractivity contribution in [2.45, 2.75) is 44.6 Å². The van der Waals surface area contributed by atoms with Crippen LogP contribution in [0.4, 0.5) is 0 Å². The Morgan fingerprint density at radius 1 is 1.56 bits per heavy atom. The summed E-state index contributed by atoms with van der Waals surface area (Å²) in [5.41, 5.74) is 0. The maximum absolute atomic E-state index is 10.6. The summed E-state index contributed by atoms with van der Waals surface area (Å²) >= 11 is 0. The minimum atomic E-state index is -0.826. The largest absolute Gasteiger partial charge is 0.481 e. The lowest BCUT2D eigenvalue weighted by atomic mass is 10.2.